The van der Waals surface area contributed by atoms with E-state index >= 15 is 0 Å². The van der Waals surface area contributed by atoms with E-state index in [9.17, 15) is 13.2 Å². The van der Waals surface area contributed by atoms with Gasteiger partial charge in [-0.2, -0.15) is 9.40 Å². The van der Waals surface area contributed by atoms with Gasteiger partial charge in [-0.15, -0.1) is 0 Å². The van der Waals surface area contributed by atoms with Crippen molar-refractivity contribution in [3.05, 3.63) is 40.7 Å². The molecule has 0 bridgehead atoms. The number of nitrogens with one attached hydrogen (secondary N) is 1. The molecule has 31 heavy (non-hydrogen) atoms. The Hall–Kier alpha value is -2.39. The highest BCUT2D eigenvalue weighted by Crippen LogP contribution is 2.32. The van der Waals surface area contributed by atoms with Crippen LogP contribution in [0, 0.1) is 20.8 Å². The van der Waals surface area contributed by atoms with E-state index in [0.717, 1.165) is 11.1 Å². The van der Waals surface area contributed by atoms with Crippen LogP contribution in [0.15, 0.2) is 23.1 Å². The zero-order valence-corrected chi connectivity index (χ0v) is 20.0. The summed E-state index contributed by atoms with van der Waals surface area (Å²) in [6, 6.07) is 5.96. The van der Waals surface area contributed by atoms with Crippen LogP contribution in [-0.2, 0) is 20.2 Å². The van der Waals surface area contributed by atoms with Gasteiger partial charge in [-0.1, -0.05) is 38.5 Å². The minimum atomic E-state index is -3.64. The number of hydrogen-bond donors (Lipinski definition) is 1. The number of ether oxygens (including phenoxy) is 1. The lowest BCUT2D eigenvalue weighted by Gasteiger charge is -2.34. The third-order valence-electron chi connectivity index (χ3n) is 5.54. The number of carbonyl (C=O) groups excluding carboxylic acids is 1. The fraction of sp³-hybridized carbons (Fsp3) is 0.545. The summed E-state index contributed by atoms with van der Waals surface area (Å²) in [7, 11) is -3.64. The monoisotopic (exact) mass is 448 g/mol. The molecule has 0 saturated carbocycles. The van der Waals surface area contributed by atoms with E-state index in [1.54, 1.807) is 18.7 Å². The number of hydrogen-bond acceptors (Lipinski definition) is 5. The zero-order chi connectivity index (χ0) is 23.0. The molecule has 1 aliphatic rings. The van der Waals surface area contributed by atoms with Gasteiger partial charge in [-0.05, 0) is 37.8 Å². The first-order valence-electron chi connectivity index (χ1n) is 10.4. The summed E-state index contributed by atoms with van der Waals surface area (Å²) >= 11 is 0. The van der Waals surface area contributed by atoms with Crippen molar-refractivity contribution in [1.82, 2.24) is 19.4 Å². The highest BCUT2D eigenvalue weighted by molar-refractivity contribution is 7.89. The molecule has 0 spiro atoms. The van der Waals surface area contributed by atoms with Crippen molar-refractivity contribution in [3.63, 3.8) is 0 Å². The van der Waals surface area contributed by atoms with Crippen molar-refractivity contribution in [2.24, 2.45) is 0 Å². The maximum Gasteiger partial charge on any atom is 0.260 e. The number of rotatable bonds is 5. The molecule has 2 heterocycles. The molecule has 1 aromatic carbocycles. The predicted octanol–water partition coefficient (Wildman–Crippen LogP) is 2.54. The largest absolute Gasteiger partial charge is 0.483 e. The molecule has 0 atom stereocenters. The third kappa shape index (κ3) is 4.93. The first-order chi connectivity index (χ1) is 14.4. The topological polar surface area (TPSA) is 95.6 Å². The second kappa shape index (κ2) is 8.63. The molecule has 1 fully saturated rings. The van der Waals surface area contributed by atoms with Gasteiger partial charge < -0.3 is 9.64 Å². The molecule has 8 nitrogen and oxygen atoms in total. The van der Waals surface area contributed by atoms with Gasteiger partial charge in [0.25, 0.3) is 5.91 Å². The number of sulfonamides is 1. The number of piperazine rings is 1. The lowest BCUT2D eigenvalue weighted by molar-refractivity contribution is -0.134. The first-order valence-corrected chi connectivity index (χ1v) is 11.9. The van der Waals surface area contributed by atoms with Crippen molar-refractivity contribution in [1.29, 1.82) is 0 Å². The van der Waals surface area contributed by atoms with Crippen molar-refractivity contribution >= 4 is 15.9 Å². The van der Waals surface area contributed by atoms with Crippen molar-refractivity contribution < 1.29 is 17.9 Å². The average Bonchev–Trinajstić information content (AvgIpc) is 3.05. The molecule has 1 aromatic heterocycles. The summed E-state index contributed by atoms with van der Waals surface area (Å²) in [6.07, 6.45) is 0. The van der Waals surface area contributed by atoms with Crippen LogP contribution in [0.2, 0.25) is 0 Å². The number of amides is 1. The van der Waals surface area contributed by atoms with Gasteiger partial charge >= 0.3 is 0 Å². The molecule has 0 unspecified atom stereocenters. The smallest absolute Gasteiger partial charge is 0.260 e. The number of carbonyl (C=O) groups is 1. The molecule has 2 aromatic rings. The van der Waals surface area contributed by atoms with Gasteiger partial charge in [0.2, 0.25) is 10.0 Å². The predicted molar refractivity (Wildman–Crippen MR) is 119 cm³/mol. The van der Waals surface area contributed by atoms with Gasteiger partial charge in [0.15, 0.2) is 6.61 Å². The van der Waals surface area contributed by atoms with Crippen LogP contribution in [0.25, 0.3) is 0 Å². The molecule has 3 rings (SSSR count). The fourth-order valence-corrected chi connectivity index (χ4v) is 5.57. The van der Waals surface area contributed by atoms with E-state index in [1.165, 1.54) is 4.31 Å². The molecule has 1 saturated heterocycles. The molecule has 1 amide bonds. The molecule has 0 aliphatic carbocycles. The van der Waals surface area contributed by atoms with E-state index < -0.39 is 10.0 Å². The summed E-state index contributed by atoms with van der Waals surface area (Å²) in [5, 5.41) is 6.71. The zero-order valence-electron chi connectivity index (χ0n) is 19.2. The van der Waals surface area contributed by atoms with Crippen LogP contribution in [-0.4, -0.2) is 66.5 Å². The van der Waals surface area contributed by atoms with Gasteiger partial charge in [0.05, 0.1) is 11.4 Å². The van der Waals surface area contributed by atoms with E-state index in [0.29, 0.717) is 30.2 Å². The van der Waals surface area contributed by atoms with E-state index in [-0.39, 0.29) is 35.9 Å². The second-order valence-corrected chi connectivity index (χ2v) is 11.0. The standard InChI is InChI=1S/C22H32N4O4S/c1-15-7-8-19(18(13-15)22(4,5)6)30-14-20(27)25-9-11-26(12-10-25)31(28,29)21-16(2)23-24-17(21)3/h7-8,13H,9-12,14H2,1-6H3,(H,23,24). The van der Waals surface area contributed by atoms with Crippen molar-refractivity contribution in [2.45, 2.75) is 51.9 Å². The van der Waals surface area contributed by atoms with Crippen LogP contribution >= 0.6 is 0 Å². The lowest BCUT2D eigenvalue weighted by atomic mass is 9.85. The summed E-state index contributed by atoms with van der Waals surface area (Å²) < 4.78 is 33.2. The van der Waals surface area contributed by atoms with Crippen molar-refractivity contribution in [2.75, 3.05) is 32.8 Å². The number of nitrogens with zero attached hydrogens (tertiary/aromatic N) is 3. The Balaban J connectivity index is 1.62. The summed E-state index contributed by atoms with van der Waals surface area (Å²) in [5.41, 5.74) is 3.08. The minimum Gasteiger partial charge on any atom is -0.483 e. The molecule has 1 aliphatic heterocycles. The Bertz CT molecular complexity index is 1040. The number of benzene rings is 1. The van der Waals surface area contributed by atoms with E-state index in [4.69, 9.17) is 4.74 Å². The number of aryl methyl sites for hydroxylation is 3. The number of H-pyrrole nitrogens is 1. The molecular weight excluding hydrogens is 416 g/mol. The normalized spacial score (nSPS) is 15.9. The van der Waals surface area contributed by atoms with E-state index in [1.807, 2.05) is 19.1 Å². The Kier molecular flexibility index (Phi) is 6.48. The highest BCUT2D eigenvalue weighted by Gasteiger charge is 2.33. The van der Waals surface area contributed by atoms with Crippen molar-refractivity contribution in [3.8, 4) is 5.75 Å². The summed E-state index contributed by atoms with van der Waals surface area (Å²) in [6.45, 7) is 12.8. The average molecular weight is 449 g/mol. The first kappa shape index (κ1) is 23.3. The molecule has 9 heteroatoms. The highest BCUT2D eigenvalue weighted by atomic mass is 32.2. The van der Waals surface area contributed by atoms with Gasteiger partial charge in [-0.25, -0.2) is 8.42 Å². The molecular formula is C22H32N4O4S. The second-order valence-electron chi connectivity index (χ2n) is 9.09. The lowest BCUT2D eigenvalue weighted by Crippen LogP contribution is -2.51. The molecule has 170 valence electrons. The Morgan fingerprint density at radius 2 is 1.77 bits per heavy atom. The van der Waals surface area contributed by atoms with Crippen LogP contribution in [0.5, 0.6) is 5.75 Å². The minimum absolute atomic E-state index is 0.0706. The Morgan fingerprint density at radius 1 is 1.13 bits per heavy atom. The van der Waals surface area contributed by atoms with E-state index in [2.05, 4.69) is 37.0 Å². The number of aromatic amines is 1. The molecule has 0 radical (unpaired) electrons. The SMILES string of the molecule is Cc1ccc(OCC(=O)N2CCN(S(=O)(=O)c3c(C)n[nH]c3C)CC2)c(C(C)(C)C)c1. The number of aromatic nitrogens is 2. The maximum absolute atomic E-state index is 13.0. The Labute approximate surface area is 184 Å². The van der Waals surface area contributed by atoms with Gasteiger partial charge in [0.1, 0.15) is 10.6 Å². The van der Waals surface area contributed by atoms with Crippen LogP contribution in [0.3, 0.4) is 0 Å². The quantitative estimate of drug-likeness (QED) is 0.758. The maximum atomic E-state index is 13.0. The van der Waals surface area contributed by atoms with Gasteiger partial charge in [-0.3, -0.25) is 9.89 Å². The summed E-state index contributed by atoms with van der Waals surface area (Å²) in [5.74, 6) is 0.562. The summed E-state index contributed by atoms with van der Waals surface area (Å²) in [4.78, 5) is 14.6. The van der Waals surface area contributed by atoms with Crippen LogP contribution in [0.4, 0.5) is 0 Å². The fourth-order valence-electron chi connectivity index (χ4n) is 3.81. The van der Waals surface area contributed by atoms with Crippen LogP contribution in [0.1, 0.15) is 43.3 Å². The Morgan fingerprint density at radius 3 is 2.32 bits per heavy atom. The molecule has 1 N–H and O–H groups in total. The third-order valence-corrected chi connectivity index (χ3v) is 7.71. The van der Waals surface area contributed by atoms with Gasteiger partial charge in [0, 0.05) is 26.2 Å². The van der Waals surface area contributed by atoms with Crippen LogP contribution < -0.4 is 4.74 Å².